The van der Waals surface area contributed by atoms with Crippen LogP contribution >= 0.6 is 0 Å². The molecule has 0 spiro atoms. The summed E-state index contributed by atoms with van der Waals surface area (Å²) < 4.78 is 2.32. The maximum absolute atomic E-state index is 2.40. The van der Waals surface area contributed by atoms with Gasteiger partial charge in [-0.15, -0.1) is 0 Å². The zero-order chi connectivity index (χ0) is 14.8. The molecule has 22 heavy (non-hydrogen) atoms. The fourth-order valence-electron chi connectivity index (χ4n) is 3.95. The third-order valence-corrected chi connectivity index (χ3v) is 5.07. The third kappa shape index (κ3) is 1.43. The van der Waals surface area contributed by atoms with Crippen LogP contribution in [-0.2, 0) is 13.5 Å². The molecular formula is C21H17N. The summed E-state index contributed by atoms with van der Waals surface area (Å²) in [4.78, 5) is 0. The van der Waals surface area contributed by atoms with E-state index >= 15 is 0 Å². The Morgan fingerprint density at radius 3 is 2.50 bits per heavy atom. The number of nitrogens with zero attached hydrogens (tertiary/aromatic N) is 1. The summed E-state index contributed by atoms with van der Waals surface area (Å²) in [6.45, 7) is 2.18. The van der Waals surface area contributed by atoms with Gasteiger partial charge in [-0.25, -0.2) is 0 Å². The molecule has 0 atom stereocenters. The second-order valence-electron chi connectivity index (χ2n) is 6.44. The van der Waals surface area contributed by atoms with E-state index < -0.39 is 0 Å². The molecule has 0 radical (unpaired) electrons. The van der Waals surface area contributed by atoms with Crippen molar-refractivity contribution in [2.75, 3.05) is 0 Å². The molecule has 1 heteroatoms. The molecule has 1 heterocycles. The molecule has 0 N–H and O–H groups in total. The van der Waals surface area contributed by atoms with E-state index in [1.165, 1.54) is 49.6 Å². The predicted molar refractivity (Wildman–Crippen MR) is 93.4 cm³/mol. The SMILES string of the molecule is Cc1ccc2c(c1)-c1cc3c4ccccc4n(C)c3cc1C2. The van der Waals surface area contributed by atoms with Gasteiger partial charge in [0, 0.05) is 28.9 Å². The monoisotopic (exact) mass is 283 g/mol. The number of fused-ring (bicyclic) bond motifs is 6. The van der Waals surface area contributed by atoms with E-state index in [-0.39, 0.29) is 0 Å². The average Bonchev–Trinajstić information content (AvgIpc) is 3.02. The predicted octanol–water partition coefficient (Wildman–Crippen LogP) is 5.21. The van der Waals surface area contributed by atoms with Gasteiger partial charge in [0.2, 0.25) is 0 Å². The van der Waals surface area contributed by atoms with Gasteiger partial charge in [0.15, 0.2) is 0 Å². The molecule has 106 valence electrons. The maximum atomic E-state index is 2.40. The molecule has 0 saturated heterocycles. The van der Waals surface area contributed by atoms with Crippen LogP contribution in [-0.4, -0.2) is 4.57 Å². The summed E-state index contributed by atoms with van der Waals surface area (Å²) in [5.74, 6) is 0. The van der Waals surface area contributed by atoms with E-state index in [9.17, 15) is 0 Å². The lowest BCUT2D eigenvalue weighted by molar-refractivity contribution is 1.01. The van der Waals surface area contributed by atoms with Crippen molar-refractivity contribution in [2.24, 2.45) is 7.05 Å². The lowest BCUT2D eigenvalue weighted by Gasteiger charge is -2.04. The molecule has 3 aromatic carbocycles. The van der Waals surface area contributed by atoms with Gasteiger partial charge in [-0.2, -0.15) is 0 Å². The molecule has 1 aliphatic carbocycles. The highest BCUT2D eigenvalue weighted by atomic mass is 14.9. The molecule has 1 aromatic heterocycles. The zero-order valence-corrected chi connectivity index (χ0v) is 12.9. The van der Waals surface area contributed by atoms with Gasteiger partial charge in [0.05, 0.1) is 0 Å². The summed E-state index contributed by atoms with van der Waals surface area (Å²) in [7, 11) is 2.17. The summed E-state index contributed by atoms with van der Waals surface area (Å²) >= 11 is 0. The normalized spacial score (nSPS) is 12.8. The summed E-state index contributed by atoms with van der Waals surface area (Å²) in [6.07, 6.45) is 1.06. The van der Waals surface area contributed by atoms with E-state index in [2.05, 4.69) is 73.1 Å². The molecule has 0 amide bonds. The van der Waals surface area contributed by atoms with Crippen molar-refractivity contribution >= 4 is 21.8 Å². The van der Waals surface area contributed by atoms with Crippen LogP contribution in [0.25, 0.3) is 32.9 Å². The first-order valence-corrected chi connectivity index (χ1v) is 7.82. The van der Waals surface area contributed by atoms with Crippen LogP contribution in [0.15, 0.2) is 54.6 Å². The number of hydrogen-bond donors (Lipinski definition) is 0. The molecule has 5 rings (SSSR count). The Kier molecular flexibility index (Phi) is 2.20. The van der Waals surface area contributed by atoms with Crippen molar-refractivity contribution in [2.45, 2.75) is 13.3 Å². The first kappa shape index (κ1) is 12.0. The van der Waals surface area contributed by atoms with Crippen LogP contribution < -0.4 is 0 Å². The highest BCUT2D eigenvalue weighted by molar-refractivity contribution is 6.10. The molecular weight excluding hydrogens is 266 g/mol. The molecule has 0 bridgehead atoms. The Morgan fingerprint density at radius 1 is 0.773 bits per heavy atom. The fraction of sp³-hybridized carbons (Fsp3) is 0.143. The molecule has 1 nitrogen and oxygen atoms in total. The van der Waals surface area contributed by atoms with Gasteiger partial charge in [0.1, 0.15) is 0 Å². The average molecular weight is 283 g/mol. The number of aryl methyl sites for hydroxylation is 2. The standard InChI is InChI=1S/C21H17N/c1-13-7-8-14-10-15-11-21-19(12-18(15)17(14)9-13)16-5-3-4-6-20(16)22(21)2/h3-9,11-12H,10H2,1-2H3. The zero-order valence-electron chi connectivity index (χ0n) is 12.9. The van der Waals surface area contributed by atoms with Crippen LogP contribution in [0.4, 0.5) is 0 Å². The lowest BCUT2D eigenvalue weighted by Crippen LogP contribution is -1.88. The van der Waals surface area contributed by atoms with Gasteiger partial charge in [0.25, 0.3) is 0 Å². The minimum Gasteiger partial charge on any atom is -0.344 e. The molecule has 0 fully saturated rings. The summed E-state index contributed by atoms with van der Waals surface area (Å²) in [5, 5.41) is 2.72. The quantitative estimate of drug-likeness (QED) is 0.367. The topological polar surface area (TPSA) is 4.93 Å². The van der Waals surface area contributed by atoms with E-state index in [1.54, 1.807) is 0 Å². The number of aromatic nitrogens is 1. The second kappa shape index (κ2) is 4.01. The van der Waals surface area contributed by atoms with Crippen molar-refractivity contribution < 1.29 is 0 Å². The van der Waals surface area contributed by atoms with E-state index in [0.29, 0.717) is 0 Å². The van der Waals surface area contributed by atoms with Crippen molar-refractivity contribution in [1.82, 2.24) is 4.57 Å². The minimum absolute atomic E-state index is 1.06. The Balaban J connectivity index is 1.91. The molecule has 0 unspecified atom stereocenters. The van der Waals surface area contributed by atoms with Crippen molar-refractivity contribution in [3.8, 4) is 11.1 Å². The Hall–Kier alpha value is -2.54. The van der Waals surface area contributed by atoms with Gasteiger partial charge < -0.3 is 4.57 Å². The van der Waals surface area contributed by atoms with Crippen molar-refractivity contribution in [3.05, 3.63) is 71.3 Å². The molecule has 1 aliphatic rings. The van der Waals surface area contributed by atoms with E-state index in [1.807, 2.05) is 0 Å². The maximum Gasteiger partial charge on any atom is 0.0492 e. The van der Waals surface area contributed by atoms with Crippen molar-refractivity contribution in [3.63, 3.8) is 0 Å². The summed E-state index contributed by atoms with van der Waals surface area (Å²) in [6, 6.07) is 20.3. The molecule has 0 aliphatic heterocycles. The number of rotatable bonds is 0. The first-order valence-electron chi connectivity index (χ1n) is 7.82. The van der Waals surface area contributed by atoms with Crippen LogP contribution in [0.5, 0.6) is 0 Å². The number of hydrogen-bond acceptors (Lipinski definition) is 0. The smallest absolute Gasteiger partial charge is 0.0492 e. The fourth-order valence-corrected chi connectivity index (χ4v) is 3.95. The third-order valence-electron chi connectivity index (χ3n) is 5.07. The van der Waals surface area contributed by atoms with E-state index in [0.717, 1.165) is 6.42 Å². The van der Waals surface area contributed by atoms with Crippen LogP contribution in [0.3, 0.4) is 0 Å². The highest BCUT2D eigenvalue weighted by Gasteiger charge is 2.20. The number of benzene rings is 3. The number of para-hydroxylation sites is 1. The Labute approximate surface area is 129 Å². The minimum atomic E-state index is 1.06. The van der Waals surface area contributed by atoms with Gasteiger partial charge in [-0.3, -0.25) is 0 Å². The van der Waals surface area contributed by atoms with Gasteiger partial charge in [-0.05, 0) is 53.8 Å². The van der Waals surface area contributed by atoms with E-state index in [4.69, 9.17) is 0 Å². The summed E-state index contributed by atoms with van der Waals surface area (Å²) in [5.41, 5.74) is 9.74. The molecule has 0 saturated carbocycles. The van der Waals surface area contributed by atoms with Crippen LogP contribution in [0.1, 0.15) is 16.7 Å². The highest BCUT2D eigenvalue weighted by Crippen LogP contribution is 2.41. The second-order valence-corrected chi connectivity index (χ2v) is 6.44. The lowest BCUT2D eigenvalue weighted by atomic mass is 10.0. The van der Waals surface area contributed by atoms with Crippen molar-refractivity contribution in [1.29, 1.82) is 0 Å². The van der Waals surface area contributed by atoms with Crippen LogP contribution in [0.2, 0.25) is 0 Å². The van der Waals surface area contributed by atoms with Gasteiger partial charge >= 0.3 is 0 Å². The largest absolute Gasteiger partial charge is 0.344 e. The molecule has 4 aromatic rings. The van der Waals surface area contributed by atoms with Crippen LogP contribution in [0, 0.1) is 6.92 Å². The Morgan fingerprint density at radius 2 is 1.59 bits per heavy atom. The Bertz CT molecular complexity index is 1070. The van der Waals surface area contributed by atoms with Gasteiger partial charge in [-0.1, -0.05) is 42.0 Å². The first-order chi connectivity index (χ1) is 10.7.